The van der Waals surface area contributed by atoms with Crippen molar-refractivity contribution in [2.75, 3.05) is 4.43 Å². The van der Waals surface area contributed by atoms with Gasteiger partial charge in [0.05, 0.1) is 0 Å². The van der Waals surface area contributed by atoms with E-state index < -0.39 is 0 Å². The Bertz CT molecular complexity index is 751. The van der Waals surface area contributed by atoms with Gasteiger partial charge in [0.25, 0.3) is 0 Å². The Morgan fingerprint density at radius 3 is 2.81 bits per heavy atom. The molecule has 2 aromatic rings. The fraction of sp³-hybridized carbons (Fsp3) is 0.222. The smallest absolute Gasteiger partial charge is 0.131 e. The molecule has 0 spiro atoms. The van der Waals surface area contributed by atoms with Crippen molar-refractivity contribution in [1.29, 1.82) is 0 Å². The van der Waals surface area contributed by atoms with Crippen LogP contribution in [0, 0.1) is 5.82 Å². The molecule has 0 aromatic heterocycles. The summed E-state index contributed by atoms with van der Waals surface area (Å²) in [6.45, 7) is 0. The zero-order chi connectivity index (χ0) is 14.4. The van der Waals surface area contributed by atoms with Crippen LogP contribution < -0.4 is 0 Å². The highest BCUT2D eigenvalue weighted by atomic mass is 127. The van der Waals surface area contributed by atoms with E-state index in [4.69, 9.17) is 4.74 Å². The fourth-order valence-electron chi connectivity index (χ4n) is 3.25. The maximum atomic E-state index is 13.6. The van der Waals surface area contributed by atoms with Crippen LogP contribution in [0.1, 0.15) is 28.7 Å². The average Bonchev–Trinajstić information content (AvgIpc) is 2.87. The predicted molar refractivity (Wildman–Crippen MR) is 90.8 cm³/mol. The third kappa shape index (κ3) is 2.18. The summed E-state index contributed by atoms with van der Waals surface area (Å²) < 4.78 is 20.8. The molecule has 2 aliphatic rings. The molecular weight excluding hydrogens is 378 g/mol. The molecule has 0 saturated carbocycles. The van der Waals surface area contributed by atoms with Crippen molar-refractivity contribution < 1.29 is 9.13 Å². The zero-order valence-electron chi connectivity index (χ0n) is 11.4. The summed E-state index contributed by atoms with van der Waals surface area (Å²) in [6.07, 6.45) is 1.89. The summed E-state index contributed by atoms with van der Waals surface area (Å²) >= 11 is 2.37. The molecule has 1 nitrogen and oxygen atoms in total. The van der Waals surface area contributed by atoms with Gasteiger partial charge in [0.15, 0.2) is 0 Å². The lowest BCUT2D eigenvalue weighted by Gasteiger charge is -2.13. The second-order valence-electron chi connectivity index (χ2n) is 5.54. The van der Waals surface area contributed by atoms with Gasteiger partial charge in [-0.2, -0.15) is 0 Å². The molecule has 0 fully saturated rings. The van der Waals surface area contributed by atoms with Gasteiger partial charge in [-0.1, -0.05) is 52.9 Å². The molecule has 0 saturated heterocycles. The molecule has 3 heteroatoms. The van der Waals surface area contributed by atoms with Crippen LogP contribution in [-0.2, 0) is 11.2 Å². The number of fused-ring (bicyclic) bond motifs is 4. The normalized spacial score (nSPS) is 19.4. The SMILES string of the molecule is Fc1ccc2c(c1)Cc1ccccc1C1=C2CC(CI)O1. The fourth-order valence-corrected chi connectivity index (χ4v) is 3.74. The van der Waals surface area contributed by atoms with Crippen LogP contribution in [0.25, 0.3) is 11.3 Å². The molecule has 1 atom stereocenters. The first-order valence-corrected chi connectivity index (χ1v) is 8.61. The molecule has 4 rings (SSSR count). The van der Waals surface area contributed by atoms with Gasteiger partial charge >= 0.3 is 0 Å². The molecular formula is C18H14FIO. The van der Waals surface area contributed by atoms with Crippen molar-refractivity contribution in [3.63, 3.8) is 0 Å². The van der Waals surface area contributed by atoms with E-state index in [1.54, 1.807) is 12.1 Å². The molecule has 21 heavy (non-hydrogen) atoms. The van der Waals surface area contributed by atoms with Crippen LogP contribution in [0.4, 0.5) is 4.39 Å². The van der Waals surface area contributed by atoms with Crippen LogP contribution in [0.15, 0.2) is 42.5 Å². The minimum atomic E-state index is -0.167. The molecule has 2 aromatic carbocycles. The minimum Gasteiger partial charge on any atom is -0.488 e. The molecule has 1 aliphatic carbocycles. The number of halogens is 2. The van der Waals surface area contributed by atoms with E-state index in [-0.39, 0.29) is 11.9 Å². The summed E-state index contributed by atoms with van der Waals surface area (Å²) in [6, 6.07) is 13.4. The minimum absolute atomic E-state index is 0.167. The van der Waals surface area contributed by atoms with Gasteiger partial charge in [-0.25, -0.2) is 4.39 Å². The van der Waals surface area contributed by atoms with E-state index in [1.165, 1.54) is 11.1 Å². The second kappa shape index (κ2) is 5.13. The summed E-state index contributed by atoms with van der Waals surface area (Å²) in [5, 5.41) is 0. The summed E-state index contributed by atoms with van der Waals surface area (Å²) in [7, 11) is 0. The Hall–Kier alpha value is -1.36. The first kappa shape index (κ1) is 13.3. The van der Waals surface area contributed by atoms with Gasteiger partial charge < -0.3 is 4.74 Å². The van der Waals surface area contributed by atoms with Gasteiger partial charge in [0.1, 0.15) is 17.7 Å². The second-order valence-corrected chi connectivity index (χ2v) is 6.42. The van der Waals surface area contributed by atoms with Gasteiger partial charge in [0, 0.05) is 22.0 Å². The molecule has 0 radical (unpaired) electrons. The van der Waals surface area contributed by atoms with Crippen molar-refractivity contribution >= 4 is 33.9 Å². The van der Waals surface area contributed by atoms with E-state index in [9.17, 15) is 4.39 Å². The lowest BCUT2D eigenvalue weighted by molar-refractivity contribution is 0.218. The van der Waals surface area contributed by atoms with E-state index >= 15 is 0 Å². The van der Waals surface area contributed by atoms with Crippen molar-refractivity contribution in [2.45, 2.75) is 18.9 Å². The van der Waals surface area contributed by atoms with Crippen LogP contribution in [0.5, 0.6) is 0 Å². The number of benzene rings is 2. The highest BCUT2D eigenvalue weighted by Gasteiger charge is 2.31. The average molecular weight is 392 g/mol. The van der Waals surface area contributed by atoms with Gasteiger partial charge in [-0.05, 0) is 35.2 Å². The third-order valence-electron chi connectivity index (χ3n) is 4.20. The third-order valence-corrected chi connectivity index (χ3v) is 5.18. The topological polar surface area (TPSA) is 9.23 Å². The van der Waals surface area contributed by atoms with Crippen molar-refractivity contribution in [3.05, 3.63) is 70.5 Å². The number of hydrogen-bond acceptors (Lipinski definition) is 1. The molecule has 0 bridgehead atoms. The van der Waals surface area contributed by atoms with Crippen molar-refractivity contribution in [1.82, 2.24) is 0 Å². The van der Waals surface area contributed by atoms with E-state index in [0.717, 1.165) is 39.7 Å². The molecule has 1 heterocycles. The summed E-state index contributed by atoms with van der Waals surface area (Å²) in [5.74, 6) is 0.831. The van der Waals surface area contributed by atoms with E-state index in [0.29, 0.717) is 0 Å². The zero-order valence-corrected chi connectivity index (χ0v) is 13.6. The Morgan fingerprint density at radius 2 is 1.95 bits per heavy atom. The number of rotatable bonds is 1. The standard InChI is InChI=1S/C18H14FIO/c19-13-5-6-15-12(8-13)7-11-3-1-2-4-16(11)18-17(15)9-14(10-20)21-18/h1-6,8,14H,7,9-10H2. The van der Waals surface area contributed by atoms with Crippen molar-refractivity contribution in [3.8, 4) is 0 Å². The summed E-state index contributed by atoms with van der Waals surface area (Å²) in [4.78, 5) is 0. The molecule has 106 valence electrons. The van der Waals surface area contributed by atoms with E-state index in [1.807, 2.05) is 18.2 Å². The van der Waals surface area contributed by atoms with Gasteiger partial charge in [-0.3, -0.25) is 0 Å². The Kier molecular flexibility index (Phi) is 3.25. The number of hydrogen-bond donors (Lipinski definition) is 0. The molecule has 0 amide bonds. The van der Waals surface area contributed by atoms with Gasteiger partial charge in [0.2, 0.25) is 0 Å². The maximum absolute atomic E-state index is 13.6. The summed E-state index contributed by atoms with van der Waals surface area (Å²) in [5.41, 5.74) is 5.82. The Balaban J connectivity index is 1.96. The van der Waals surface area contributed by atoms with Crippen LogP contribution in [0.3, 0.4) is 0 Å². The maximum Gasteiger partial charge on any atom is 0.131 e. The predicted octanol–water partition coefficient (Wildman–Crippen LogP) is 4.82. The van der Waals surface area contributed by atoms with Crippen molar-refractivity contribution in [2.24, 2.45) is 0 Å². The number of ether oxygens (including phenoxy) is 1. The van der Waals surface area contributed by atoms with Crippen LogP contribution >= 0.6 is 22.6 Å². The Labute approximate surface area is 137 Å². The first-order valence-electron chi connectivity index (χ1n) is 7.09. The van der Waals surface area contributed by atoms with E-state index in [2.05, 4.69) is 34.7 Å². The molecule has 1 unspecified atom stereocenters. The lowest BCUT2D eigenvalue weighted by Crippen LogP contribution is -2.08. The van der Waals surface area contributed by atoms with Crippen LogP contribution in [0.2, 0.25) is 0 Å². The first-order chi connectivity index (χ1) is 10.3. The number of alkyl halides is 1. The highest BCUT2D eigenvalue weighted by molar-refractivity contribution is 14.1. The quantitative estimate of drug-likeness (QED) is 0.500. The largest absolute Gasteiger partial charge is 0.488 e. The van der Waals surface area contributed by atoms with Gasteiger partial charge in [-0.15, -0.1) is 0 Å². The molecule has 0 N–H and O–H groups in total. The Morgan fingerprint density at radius 1 is 1.10 bits per heavy atom. The lowest BCUT2D eigenvalue weighted by atomic mass is 9.95. The monoisotopic (exact) mass is 392 g/mol. The molecule has 1 aliphatic heterocycles. The van der Waals surface area contributed by atoms with Crippen LogP contribution in [-0.4, -0.2) is 10.5 Å². The highest BCUT2D eigenvalue weighted by Crippen LogP contribution is 2.44.